The molecule has 0 spiro atoms. The van der Waals surface area contributed by atoms with Gasteiger partial charge in [0, 0.05) is 31.7 Å². The Morgan fingerprint density at radius 3 is 2.70 bits per heavy atom. The van der Waals surface area contributed by atoms with Crippen LogP contribution in [0.3, 0.4) is 0 Å². The van der Waals surface area contributed by atoms with Gasteiger partial charge in [-0.25, -0.2) is 9.07 Å². The molecule has 1 aliphatic heterocycles. The molecule has 1 N–H and O–H groups in total. The molecule has 1 aliphatic rings. The second-order valence-electron chi connectivity index (χ2n) is 7.36. The van der Waals surface area contributed by atoms with Gasteiger partial charge in [0.1, 0.15) is 11.5 Å². The number of hydrogen-bond donors (Lipinski definition) is 1. The molecule has 6 nitrogen and oxygen atoms in total. The van der Waals surface area contributed by atoms with E-state index >= 15 is 0 Å². The fraction of sp³-hybridized carbons (Fsp3) is 0.304. The Morgan fingerprint density at radius 2 is 1.93 bits per heavy atom. The van der Waals surface area contributed by atoms with Gasteiger partial charge in [-0.3, -0.25) is 9.69 Å². The van der Waals surface area contributed by atoms with Crippen molar-refractivity contribution in [1.29, 1.82) is 0 Å². The third kappa shape index (κ3) is 4.58. The van der Waals surface area contributed by atoms with Crippen LogP contribution in [-0.4, -0.2) is 60.0 Å². The summed E-state index contributed by atoms with van der Waals surface area (Å²) in [5, 5.41) is 7.53. The number of nitrogens with one attached hydrogen (secondary N) is 1. The first-order valence-electron chi connectivity index (χ1n) is 10.1. The fourth-order valence-corrected chi connectivity index (χ4v) is 3.54. The van der Waals surface area contributed by atoms with E-state index in [9.17, 15) is 9.18 Å². The monoisotopic (exact) mass is 408 g/mol. The van der Waals surface area contributed by atoms with Crippen LogP contribution >= 0.6 is 0 Å². The highest BCUT2D eigenvalue weighted by Crippen LogP contribution is 2.24. The van der Waals surface area contributed by atoms with Crippen molar-refractivity contribution in [3.8, 4) is 16.9 Å². The molecule has 1 amide bonds. The van der Waals surface area contributed by atoms with E-state index in [0.29, 0.717) is 23.5 Å². The van der Waals surface area contributed by atoms with Crippen LogP contribution in [0, 0.1) is 12.7 Å². The lowest BCUT2D eigenvalue weighted by Gasteiger charge is -2.26. The van der Waals surface area contributed by atoms with Crippen LogP contribution in [-0.2, 0) is 4.74 Å². The van der Waals surface area contributed by atoms with Gasteiger partial charge in [-0.15, -0.1) is 0 Å². The fourth-order valence-electron chi connectivity index (χ4n) is 3.54. The largest absolute Gasteiger partial charge is 0.379 e. The first kappa shape index (κ1) is 20.3. The van der Waals surface area contributed by atoms with Crippen molar-refractivity contribution < 1.29 is 13.9 Å². The number of hydrogen-bond acceptors (Lipinski definition) is 4. The lowest BCUT2D eigenvalue weighted by molar-refractivity contribution is 0.0383. The lowest BCUT2D eigenvalue weighted by atomic mass is 10.1. The molecule has 0 bridgehead atoms. The van der Waals surface area contributed by atoms with Crippen LogP contribution in [0.15, 0.2) is 54.6 Å². The Labute approximate surface area is 175 Å². The van der Waals surface area contributed by atoms with Crippen molar-refractivity contribution in [3.63, 3.8) is 0 Å². The van der Waals surface area contributed by atoms with E-state index in [0.717, 1.165) is 44.1 Å². The molecule has 30 heavy (non-hydrogen) atoms. The summed E-state index contributed by atoms with van der Waals surface area (Å²) in [4.78, 5) is 15.2. The highest BCUT2D eigenvalue weighted by Gasteiger charge is 2.19. The molecule has 0 aliphatic carbocycles. The van der Waals surface area contributed by atoms with E-state index < -0.39 is 0 Å². The summed E-state index contributed by atoms with van der Waals surface area (Å²) >= 11 is 0. The van der Waals surface area contributed by atoms with Crippen molar-refractivity contribution in [2.24, 2.45) is 0 Å². The highest BCUT2D eigenvalue weighted by molar-refractivity contribution is 5.94. The molecule has 7 heteroatoms. The van der Waals surface area contributed by atoms with Gasteiger partial charge in [0.2, 0.25) is 0 Å². The number of nitrogens with zero attached hydrogens (tertiary/aromatic N) is 3. The summed E-state index contributed by atoms with van der Waals surface area (Å²) in [6.45, 7) is 6.44. The van der Waals surface area contributed by atoms with Crippen LogP contribution < -0.4 is 5.32 Å². The SMILES string of the molecule is Cc1cccc(-n2nc(-c3ccccc3F)cc2C(=O)NCCN2CCOCC2)c1. The van der Waals surface area contributed by atoms with Gasteiger partial charge in [0.25, 0.3) is 5.91 Å². The van der Waals surface area contributed by atoms with Gasteiger partial charge in [-0.05, 0) is 42.8 Å². The minimum Gasteiger partial charge on any atom is -0.379 e. The Kier molecular flexibility index (Phi) is 6.21. The predicted molar refractivity (Wildman–Crippen MR) is 113 cm³/mol. The topological polar surface area (TPSA) is 59.4 Å². The first-order chi connectivity index (χ1) is 14.6. The highest BCUT2D eigenvalue weighted by atomic mass is 19.1. The van der Waals surface area contributed by atoms with Gasteiger partial charge < -0.3 is 10.1 Å². The number of amides is 1. The molecular formula is C23H25FN4O2. The zero-order valence-electron chi connectivity index (χ0n) is 17.0. The predicted octanol–water partition coefficient (Wildman–Crippen LogP) is 3.05. The Hall–Kier alpha value is -3.03. The second-order valence-corrected chi connectivity index (χ2v) is 7.36. The average molecular weight is 408 g/mol. The van der Waals surface area contributed by atoms with Crippen LogP contribution in [0.4, 0.5) is 4.39 Å². The van der Waals surface area contributed by atoms with Gasteiger partial charge in [0.15, 0.2) is 0 Å². The Balaban J connectivity index is 1.60. The lowest BCUT2D eigenvalue weighted by Crippen LogP contribution is -2.41. The van der Waals surface area contributed by atoms with Gasteiger partial charge in [-0.2, -0.15) is 5.10 Å². The number of ether oxygens (including phenoxy) is 1. The van der Waals surface area contributed by atoms with Crippen molar-refractivity contribution in [2.45, 2.75) is 6.92 Å². The summed E-state index contributed by atoms with van der Waals surface area (Å²) in [6, 6.07) is 15.8. The standard InChI is InChI=1S/C23H25FN4O2/c1-17-5-4-6-18(15-17)28-22(16-21(26-28)19-7-2-3-8-20(19)24)23(29)25-9-10-27-11-13-30-14-12-27/h2-8,15-16H,9-14H2,1H3,(H,25,29). The molecule has 156 valence electrons. The molecule has 0 saturated carbocycles. The summed E-state index contributed by atoms with van der Waals surface area (Å²) < 4.78 is 21.3. The van der Waals surface area contributed by atoms with Gasteiger partial charge in [0.05, 0.1) is 24.6 Å². The molecule has 0 atom stereocenters. The first-order valence-corrected chi connectivity index (χ1v) is 10.1. The van der Waals surface area contributed by atoms with Crippen LogP contribution in [0.1, 0.15) is 16.1 Å². The molecule has 0 unspecified atom stereocenters. The zero-order chi connectivity index (χ0) is 20.9. The van der Waals surface area contributed by atoms with Gasteiger partial charge in [-0.1, -0.05) is 24.3 Å². The van der Waals surface area contributed by atoms with Crippen LogP contribution in [0.5, 0.6) is 0 Å². The van der Waals surface area contributed by atoms with E-state index in [1.165, 1.54) is 6.07 Å². The Bertz CT molecular complexity index is 1030. The molecule has 3 aromatic rings. The number of carbonyl (C=O) groups excluding carboxylic acids is 1. The molecule has 1 fully saturated rings. The van der Waals surface area contributed by atoms with Crippen molar-refractivity contribution in [2.75, 3.05) is 39.4 Å². The molecular weight excluding hydrogens is 383 g/mol. The average Bonchev–Trinajstić information content (AvgIpc) is 3.20. The summed E-state index contributed by atoms with van der Waals surface area (Å²) in [5.74, 6) is -0.606. The molecule has 1 saturated heterocycles. The van der Waals surface area contributed by atoms with Crippen molar-refractivity contribution in [1.82, 2.24) is 20.0 Å². The quantitative estimate of drug-likeness (QED) is 0.681. The molecule has 2 aromatic carbocycles. The molecule has 2 heterocycles. The van der Waals surface area contributed by atoms with E-state index in [-0.39, 0.29) is 11.7 Å². The molecule has 1 aromatic heterocycles. The number of halogens is 1. The number of carbonyl (C=O) groups is 1. The maximum absolute atomic E-state index is 14.3. The Morgan fingerprint density at radius 1 is 1.13 bits per heavy atom. The second kappa shape index (κ2) is 9.19. The van der Waals surface area contributed by atoms with Crippen LogP contribution in [0.25, 0.3) is 16.9 Å². The van der Waals surface area contributed by atoms with Crippen molar-refractivity contribution >= 4 is 5.91 Å². The van der Waals surface area contributed by atoms with E-state index in [1.807, 2.05) is 31.2 Å². The van der Waals surface area contributed by atoms with Crippen molar-refractivity contribution in [3.05, 3.63) is 71.7 Å². The van der Waals surface area contributed by atoms with E-state index in [4.69, 9.17) is 4.74 Å². The summed E-state index contributed by atoms with van der Waals surface area (Å²) in [7, 11) is 0. The third-order valence-corrected chi connectivity index (χ3v) is 5.16. The van der Waals surface area contributed by atoms with Crippen LogP contribution in [0.2, 0.25) is 0 Å². The number of morpholine rings is 1. The summed E-state index contributed by atoms with van der Waals surface area (Å²) in [5.41, 5.74) is 2.98. The zero-order valence-corrected chi connectivity index (χ0v) is 17.0. The normalized spacial score (nSPS) is 14.6. The third-order valence-electron chi connectivity index (χ3n) is 5.16. The number of aromatic nitrogens is 2. The van der Waals surface area contributed by atoms with E-state index in [2.05, 4.69) is 15.3 Å². The molecule has 4 rings (SSSR count). The minimum absolute atomic E-state index is 0.236. The minimum atomic E-state index is -0.370. The number of aryl methyl sites for hydroxylation is 1. The smallest absolute Gasteiger partial charge is 0.270 e. The maximum Gasteiger partial charge on any atom is 0.270 e. The number of benzene rings is 2. The maximum atomic E-state index is 14.3. The summed E-state index contributed by atoms with van der Waals surface area (Å²) in [6.07, 6.45) is 0. The van der Waals surface area contributed by atoms with E-state index in [1.54, 1.807) is 28.9 Å². The molecule has 0 radical (unpaired) electrons. The number of rotatable bonds is 6. The van der Waals surface area contributed by atoms with Gasteiger partial charge >= 0.3 is 0 Å².